The molecule has 3 aromatic carbocycles. The molecule has 0 spiro atoms. The zero-order valence-corrected chi connectivity index (χ0v) is 17.2. The molecule has 3 rings (SSSR count). The lowest BCUT2D eigenvalue weighted by Gasteiger charge is -2.08. The quantitative estimate of drug-likeness (QED) is 0.420. The number of halogens is 1. The SMILES string of the molecule is Cc1ccc(C(=O)Nc2cccc(C(=O)OCC(=O)c3ccc(Br)cc3)c2)cc1. The highest BCUT2D eigenvalue weighted by molar-refractivity contribution is 9.10. The van der Waals surface area contributed by atoms with E-state index in [0.29, 0.717) is 16.8 Å². The maximum Gasteiger partial charge on any atom is 0.338 e. The van der Waals surface area contributed by atoms with Crippen molar-refractivity contribution in [2.75, 3.05) is 11.9 Å². The summed E-state index contributed by atoms with van der Waals surface area (Å²) in [5.74, 6) is -1.21. The molecule has 6 heteroatoms. The Bertz CT molecular complexity index is 1040. The Hall–Kier alpha value is -3.25. The molecule has 0 atom stereocenters. The largest absolute Gasteiger partial charge is 0.454 e. The molecule has 29 heavy (non-hydrogen) atoms. The van der Waals surface area contributed by atoms with Crippen molar-refractivity contribution in [3.63, 3.8) is 0 Å². The normalized spacial score (nSPS) is 10.3. The van der Waals surface area contributed by atoms with Gasteiger partial charge in [0, 0.05) is 21.3 Å². The molecule has 0 aliphatic heterocycles. The summed E-state index contributed by atoms with van der Waals surface area (Å²) in [6.45, 7) is 1.58. The molecule has 0 fully saturated rings. The first-order valence-corrected chi connectivity index (χ1v) is 9.65. The second kappa shape index (κ2) is 9.30. The lowest BCUT2D eigenvalue weighted by atomic mass is 10.1. The molecular formula is C23H18BrNO4. The fourth-order valence-corrected chi connectivity index (χ4v) is 2.83. The number of amides is 1. The maximum atomic E-state index is 12.3. The van der Waals surface area contributed by atoms with E-state index in [2.05, 4.69) is 21.2 Å². The van der Waals surface area contributed by atoms with E-state index >= 15 is 0 Å². The van der Waals surface area contributed by atoms with Gasteiger partial charge in [-0.25, -0.2) is 4.79 Å². The molecule has 0 aliphatic carbocycles. The Kier molecular flexibility index (Phi) is 6.57. The van der Waals surface area contributed by atoms with Gasteiger partial charge >= 0.3 is 5.97 Å². The van der Waals surface area contributed by atoms with Crippen molar-refractivity contribution in [3.8, 4) is 0 Å². The van der Waals surface area contributed by atoms with E-state index in [0.717, 1.165) is 10.0 Å². The van der Waals surface area contributed by atoms with Crippen LogP contribution in [0, 0.1) is 6.92 Å². The molecule has 0 radical (unpaired) electrons. The Labute approximate surface area is 176 Å². The molecule has 1 N–H and O–H groups in total. The Morgan fingerprint density at radius 1 is 0.862 bits per heavy atom. The summed E-state index contributed by atoms with van der Waals surface area (Å²) in [6.07, 6.45) is 0. The van der Waals surface area contributed by atoms with E-state index in [-0.39, 0.29) is 23.9 Å². The van der Waals surface area contributed by atoms with Gasteiger partial charge < -0.3 is 10.1 Å². The van der Waals surface area contributed by atoms with Crippen molar-refractivity contribution in [3.05, 3.63) is 99.5 Å². The van der Waals surface area contributed by atoms with Crippen molar-refractivity contribution in [2.24, 2.45) is 0 Å². The molecule has 0 aliphatic rings. The average Bonchev–Trinajstić information content (AvgIpc) is 2.73. The van der Waals surface area contributed by atoms with Crippen molar-refractivity contribution in [1.29, 1.82) is 0 Å². The zero-order chi connectivity index (χ0) is 20.8. The fraction of sp³-hybridized carbons (Fsp3) is 0.0870. The van der Waals surface area contributed by atoms with Gasteiger partial charge in [-0.3, -0.25) is 9.59 Å². The third-order valence-corrected chi connectivity index (χ3v) is 4.70. The summed E-state index contributed by atoms with van der Waals surface area (Å²) >= 11 is 3.30. The van der Waals surface area contributed by atoms with Gasteiger partial charge in [0.1, 0.15) is 0 Å². The van der Waals surface area contributed by atoms with Crippen molar-refractivity contribution in [1.82, 2.24) is 0 Å². The minimum atomic E-state index is -0.637. The maximum absolute atomic E-state index is 12.3. The van der Waals surface area contributed by atoms with Crippen LogP contribution in [-0.2, 0) is 4.74 Å². The van der Waals surface area contributed by atoms with Crippen LogP contribution in [0.15, 0.2) is 77.3 Å². The van der Waals surface area contributed by atoms with Crippen molar-refractivity contribution >= 4 is 39.3 Å². The van der Waals surface area contributed by atoms with Gasteiger partial charge in [0.2, 0.25) is 0 Å². The van der Waals surface area contributed by atoms with E-state index in [1.165, 1.54) is 6.07 Å². The standard InChI is InChI=1S/C23H18BrNO4/c1-15-5-7-17(8-6-15)22(27)25-20-4-2-3-18(13-20)23(28)29-14-21(26)16-9-11-19(24)12-10-16/h2-13H,14H2,1H3,(H,25,27). The van der Waals surface area contributed by atoms with E-state index in [1.807, 2.05) is 19.1 Å². The second-order valence-electron chi connectivity index (χ2n) is 6.41. The molecule has 1 amide bonds. The molecule has 3 aromatic rings. The molecule has 0 saturated carbocycles. The van der Waals surface area contributed by atoms with Crippen LogP contribution in [0.25, 0.3) is 0 Å². The van der Waals surface area contributed by atoms with Gasteiger partial charge in [0.05, 0.1) is 5.56 Å². The molecule has 0 unspecified atom stereocenters. The molecule has 0 heterocycles. The van der Waals surface area contributed by atoms with Gasteiger partial charge in [0.25, 0.3) is 5.91 Å². The number of aryl methyl sites for hydroxylation is 1. The van der Waals surface area contributed by atoms with Crippen molar-refractivity contribution in [2.45, 2.75) is 6.92 Å². The molecule has 0 bridgehead atoms. The fourth-order valence-electron chi connectivity index (χ4n) is 2.57. The molecule has 0 saturated heterocycles. The van der Waals surface area contributed by atoms with E-state index in [4.69, 9.17) is 4.74 Å². The predicted octanol–water partition coefficient (Wildman–Crippen LogP) is 5.05. The summed E-state index contributed by atoms with van der Waals surface area (Å²) in [7, 11) is 0. The lowest BCUT2D eigenvalue weighted by Crippen LogP contribution is -2.15. The van der Waals surface area contributed by atoms with E-state index < -0.39 is 5.97 Å². The summed E-state index contributed by atoms with van der Waals surface area (Å²) < 4.78 is 5.98. The summed E-state index contributed by atoms with van der Waals surface area (Å²) in [5.41, 5.74) is 2.74. The van der Waals surface area contributed by atoms with Crippen LogP contribution in [0.5, 0.6) is 0 Å². The number of hydrogen-bond acceptors (Lipinski definition) is 4. The molecule has 146 valence electrons. The van der Waals surface area contributed by atoms with Gasteiger partial charge in [-0.2, -0.15) is 0 Å². The van der Waals surface area contributed by atoms with Gasteiger partial charge in [-0.05, 0) is 49.4 Å². The lowest BCUT2D eigenvalue weighted by molar-refractivity contribution is 0.0474. The highest BCUT2D eigenvalue weighted by atomic mass is 79.9. The first-order chi connectivity index (χ1) is 13.9. The number of carbonyl (C=O) groups excluding carboxylic acids is 3. The number of benzene rings is 3. The number of nitrogens with one attached hydrogen (secondary N) is 1. The Balaban J connectivity index is 1.61. The average molecular weight is 452 g/mol. The minimum Gasteiger partial charge on any atom is -0.454 e. The minimum absolute atomic E-state index is 0.246. The Morgan fingerprint density at radius 2 is 1.52 bits per heavy atom. The topological polar surface area (TPSA) is 72.5 Å². The van der Waals surface area contributed by atoms with Crippen LogP contribution >= 0.6 is 15.9 Å². The zero-order valence-electron chi connectivity index (χ0n) is 15.6. The number of ketones is 1. The number of ether oxygens (including phenoxy) is 1. The monoisotopic (exact) mass is 451 g/mol. The van der Waals surface area contributed by atoms with Crippen LogP contribution < -0.4 is 5.32 Å². The molecule has 0 aromatic heterocycles. The van der Waals surface area contributed by atoms with Gasteiger partial charge in [-0.15, -0.1) is 0 Å². The number of anilines is 1. The molecule has 5 nitrogen and oxygen atoms in total. The van der Waals surface area contributed by atoms with Gasteiger partial charge in [-0.1, -0.05) is 51.8 Å². The smallest absolute Gasteiger partial charge is 0.338 e. The number of carbonyl (C=O) groups is 3. The van der Waals surface area contributed by atoms with Crippen LogP contribution in [0.4, 0.5) is 5.69 Å². The highest BCUT2D eigenvalue weighted by Gasteiger charge is 2.13. The summed E-state index contributed by atoms with van der Waals surface area (Å²) in [5, 5.41) is 2.75. The van der Waals surface area contributed by atoms with Crippen molar-refractivity contribution < 1.29 is 19.1 Å². The number of esters is 1. The first kappa shape index (κ1) is 20.5. The molecular weight excluding hydrogens is 434 g/mol. The van der Waals surface area contributed by atoms with E-state index in [1.54, 1.807) is 54.6 Å². The number of rotatable bonds is 6. The third kappa shape index (κ3) is 5.62. The Morgan fingerprint density at radius 3 is 2.21 bits per heavy atom. The van der Waals surface area contributed by atoms with Crippen LogP contribution in [0.1, 0.15) is 36.6 Å². The summed E-state index contributed by atoms with van der Waals surface area (Å²) in [6, 6.07) is 20.4. The predicted molar refractivity (Wildman–Crippen MR) is 114 cm³/mol. The highest BCUT2D eigenvalue weighted by Crippen LogP contribution is 2.15. The van der Waals surface area contributed by atoms with Gasteiger partial charge in [0.15, 0.2) is 12.4 Å². The summed E-state index contributed by atoms with van der Waals surface area (Å²) in [4.78, 5) is 36.7. The van der Waals surface area contributed by atoms with Crippen LogP contribution in [0.2, 0.25) is 0 Å². The third-order valence-electron chi connectivity index (χ3n) is 4.17. The number of hydrogen-bond donors (Lipinski definition) is 1. The second-order valence-corrected chi connectivity index (χ2v) is 7.32. The number of Topliss-reactive ketones (excluding diaryl/α,β-unsaturated/α-hetero) is 1. The van der Waals surface area contributed by atoms with Crippen LogP contribution in [0.3, 0.4) is 0 Å². The van der Waals surface area contributed by atoms with E-state index in [9.17, 15) is 14.4 Å². The first-order valence-electron chi connectivity index (χ1n) is 8.86. The van der Waals surface area contributed by atoms with Crippen LogP contribution in [-0.4, -0.2) is 24.3 Å².